The lowest BCUT2D eigenvalue weighted by Gasteiger charge is -2.36. The monoisotopic (exact) mass is 211 g/mol. The van der Waals surface area contributed by atoms with Gasteiger partial charge in [0.15, 0.2) is 5.00 Å². The Morgan fingerprint density at radius 3 is 2.93 bits per heavy atom. The van der Waals surface area contributed by atoms with E-state index < -0.39 is 5.00 Å². The van der Waals surface area contributed by atoms with Gasteiger partial charge in [0.1, 0.15) is 5.84 Å². The number of hydrogen-bond donors (Lipinski definition) is 1. The van der Waals surface area contributed by atoms with Crippen LogP contribution in [0.25, 0.3) is 0 Å². The number of halogens is 1. The Morgan fingerprint density at radius 1 is 1.64 bits per heavy atom. The molecule has 1 aliphatic heterocycles. The van der Waals surface area contributed by atoms with Crippen molar-refractivity contribution in [1.82, 2.24) is 5.01 Å². The number of rotatable bonds is 1. The Labute approximate surface area is 88.9 Å². The van der Waals surface area contributed by atoms with Gasteiger partial charge in [-0.1, -0.05) is 29.8 Å². The number of nitrogens with zero attached hydrogens (tertiary/aromatic N) is 2. The Kier molecular flexibility index (Phi) is 2.27. The van der Waals surface area contributed by atoms with Crippen LogP contribution in [0.2, 0.25) is 0 Å². The van der Waals surface area contributed by atoms with Gasteiger partial charge in [0.2, 0.25) is 0 Å². The van der Waals surface area contributed by atoms with Crippen molar-refractivity contribution in [1.29, 1.82) is 0 Å². The summed E-state index contributed by atoms with van der Waals surface area (Å²) in [6.07, 6.45) is 9.52. The summed E-state index contributed by atoms with van der Waals surface area (Å²) in [5.41, 5.74) is 5.69. The molecule has 0 amide bonds. The second-order valence-corrected chi connectivity index (χ2v) is 4.45. The van der Waals surface area contributed by atoms with Crippen molar-refractivity contribution in [3.63, 3.8) is 0 Å². The summed E-state index contributed by atoms with van der Waals surface area (Å²) in [4.78, 5) is -0.519. The predicted molar refractivity (Wildman–Crippen MR) is 59.0 cm³/mol. The SMILES string of the molecule is CC1CC(N)=NN1C1(Cl)C=CC=CC1. The Morgan fingerprint density at radius 2 is 2.43 bits per heavy atom. The van der Waals surface area contributed by atoms with Crippen LogP contribution in [-0.2, 0) is 0 Å². The molecule has 1 heterocycles. The number of nitrogens with two attached hydrogens (primary N) is 1. The molecule has 2 N–H and O–H groups in total. The maximum absolute atomic E-state index is 6.47. The van der Waals surface area contributed by atoms with Crippen molar-refractivity contribution in [3.8, 4) is 0 Å². The van der Waals surface area contributed by atoms with Crippen molar-refractivity contribution >= 4 is 17.4 Å². The van der Waals surface area contributed by atoms with Gasteiger partial charge in [-0.2, -0.15) is 5.10 Å². The van der Waals surface area contributed by atoms with E-state index in [0.29, 0.717) is 5.84 Å². The Balaban J connectivity index is 2.22. The molecule has 2 aliphatic rings. The largest absolute Gasteiger partial charge is 0.386 e. The first kappa shape index (κ1) is 9.59. The van der Waals surface area contributed by atoms with Gasteiger partial charge in [-0.05, 0) is 13.0 Å². The van der Waals surface area contributed by atoms with Crippen molar-refractivity contribution in [3.05, 3.63) is 24.3 Å². The summed E-state index contributed by atoms with van der Waals surface area (Å²) in [6, 6.07) is 0.281. The fourth-order valence-corrected chi connectivity index (χ4v) is 2.24. The molecular weight excluding hydrogens is 198 g/mol. The molecule has 0 fully saturated rings. The smallest absolute Gasteiger partial charge is 0.153 e. The molecule has 0 aromatic carbocycles. The van der Waals surface area contributed by atoms with Gasteiger partial charge >= 0.3 is 0 Å². The van der Waals surface area contributed by atoms with Crippen molar-refractivity contribution < 1.29 is 0 Å². The summed E-state index contributed by atoms with van der Waals surface area (Å²) in [7, 11) is 0. The molecule has 3 nitrogen and oxygen atoms in total. The maximum Gasteiger partial charge on any atom is 0.153 e. The highest BCUT2D eigenvalue weighted by molar-refractivity contribution is 6.25. The van der Waals surface area contributed by atoms with Crippen LogP contribution in [0.4, 0.5) is 0 Å². The minimum absolute atomic E-state index is 0.281. The molecule has 2 unspecified atom stereocenters. The minimum Gasteiger partial charge on any atom is -0.386 e. The predicted octanol–water partition coefficient (Wildman–Crippen LogP) is 1.80. The minimum atomic E-state index is -0.519. The topological polar surface area (TPSA) is 41.6 Å². The quantitative estimate of drug-likeness (QED) is 0.531. The molecule has 1 aliphatic carbocycles. The number of alkyl halides is 1. The van der Waals surface area contributed by atoms with Crippen LogP contribution < -0.4 is 5.73 Å². The lowest BCUT2D eigenvalue weighted by atomic mass is 10.1. The number of hydrazone groups is 1. The molecule has 76 valence electrons. The average Bonchev–Trinajstić information content (AvgIpc) is 2.47. The molecule has 0 saturated heterocycles. The van der Waals surface area contributed by atoms with E-state index in [4.69, 9.17) is 17.3 Å². The van der Waals surface area contributed by atoms with Gasteiger partial charge in [0.25, 0.3) is 0 Å². The Hall–Kier alpha value is -0.960. The lowest BCUT2D eigenvalue weighted by molar-refractivity contribution is 0.172. The van der Waals surface area contributed by atoms with Gasteiger partial charge < -0.3 is 5.73 Å². The molecule has 2 rings (SSSR count). The van der Waals surface area contributed by atoms with Crippen LogP contribution in [0.5, 0.6) is 0 Å². The number of hydrogen-bond acceptors (Lipinski definition) is 3. The fraction of sp³-hybridized carbons (Fsp3) is 0.500. The standard InChI is InChI=1S/C10H14ClN3/c1-8-7-9(12)13-14(8)10(11)5-3-2-4-6-10/h2-5,8H,6-7H2,1H3,(H2,12,13). The van der Waals surface area contributed by atoms with E-state index in [0.717, 1.165) is 12.8 Å². The van der Waals surface area contributed by atoms with Crippen LogP contribution in [-0.4, -0.2) is 21.9 Å². The number of allylic oxidation sites excluding steroid dienone is 2. The molecule has 0 aromatic heterocycles. The highest BCUT2D eigenvalue weighted by Gasteiger charge is 2.37. The molecule has 0 bridgehead atoms. The van der Waals surface area contributed by atoms with E-state index >= 15 is 0 Å². The van der Waals surface area contributed by atoms with E-state index in [-0.39, 0.29) is 6.04 Å². The molecule has 2 atom stereocenters. The zero-order chi connectivity index (χ0) is 10.2. The third-order valence-electron chi connectivity index (χ3n) is 2.54. The second kappa shape index (κ2) is 3.31. The van der Waals surface area contributed by atoms with E-state index in [1.165, 1.54) is 0 Å². The molecule has 0 spiro atoms. The third-order valence-corrected chi connectivity index (χ3v) is 3.00. The van der Waals surface area contributed by atoms with Crippen molar-refractivity contribution in [2.45, 2.75) is 30.8 Å². The van der Waals surface area contributed by atoms with E-state index in [2.05, 4.69) is 12.0 Å². The zero-order valence-electron chi connectivity index (χ0n) is 8.15. The summed E-state index contributed by atoms with van der Waals surface area (Å²) in [5, 5.41) is 6.17. The van der Waals surface area contributed by atoms with Gasteiger partial charge in [0, 0.05) is 12.8 Å². The van der Waals surface area contributed by atoms with Gasteiger partial charge in [-0.15, -0.1) is 0 Å². The van der Waals surface area contributed by atoms with E-state index in [1.807, 2.05) is 29.3 Å². The van der Waals surface area contributed by atoms with E-state index in [9.17, 15) is 0 Å². The summed E-state index contributed by atoms with van der Waals surface area (Å²) in [5.74, 6) is 0.667. The molecule has 0 saturated carbocycles. The fourth-order valence-electron chi connectivity index (χ4n) is 1.87. The Bertz CT molecular complexity index is 321. The first-order chi connectivity index (χ1) is 6.62. The van der Waals surface area contributed by atoms with Gasteiger partial charge in [0.05, 0.1) is 6.04 Å². The third kappa shape index (κ3) is 1.52. The zero-order valence-corrected chi connectivity index (χ0v) is 8.91. The van der Waals surface area contributed by atoms with E-state index in [1.54, 1.807) is 0 Å². The molecule has 14 heavy (non-hydrogen) atoms. The number of amidine groups is 1. The summed E-state index contributed by atoms with van der Waals surface area (Å²) < 4.78 is 0. The normalized spacial score (nSPS) is 36.3. The molecule has 0 aromatic rings. The van der Waals surface area contributed by atoms with Crippen molar-refractivity contribution in [2.24, 2.45) is 10.8 Å². The van der Waals surface area contributed by atoms with Crippen LogP contribution in [0, 0.1) is 0 Å². The summed E-state index contributed by atoms with van der Waals surface area (Å²) in [6.45, 7) is 2.08. The molecule has 4 heteroatoms. The summed E-state index contributed by atoms with van der Waals surface area (Å²) >= 11 is 6.47. The van der Waals surface area contributed by atoms with Gasteiger partial charge in [-0.3, -0.25) is 5.01 Å². The van der Waals surface area contributed by atoms with Crippen LogP contribution in [0.3, 0.4) is 0 Å². The molecule has 0 radical (unpaired) electrons. The van der Waals surface area contributed by atoms with Gasteiger partial charge in [-0.25, -0.2) is 0 Å². The molecular formula is C10H14ClN3. The van der Waals surface area contributed by atoms with Crippen LogP contribution in [0.1, 0.15) is 19.8 Å². The average molecular weight is 212 g/mol. The van der Waals surface area contributed by atoms with Crippen LogP contribution in [0.15, 0.2) is 29.4 Å². The second-order valence-electron chi connectivity index (χ2n) is 3.80. The van der Waals surface area contributed by atoms with Crippen LogP contribution >= 0.6 is 11.6 Å². The maximum atomic E-state index is 6.47. The first-order valence-electron chi connectivity index (χ1n) is 4.77. The first-order valence-corrected chi connectivity index (χ1v) is 5.15. The highest BCUT2D eigenvalue weighted by Crippen LogP contribution is 2.34. The highest BCUT2D eigenvalue weighted by atomic mass is 35.5. The van der Waals surface area contributed by atoms with Crippen molar-refractivity contribution in [2.75, 3.05) is 0 Å². The lowest BCUT2D eigenvalue weighted by Crippen LogP contribution is -2.42.